The number of nitrogens with one attached hydrogen (secondary N) is 1. The number of amides is 1. The molecule has 5 rings (SSSR count). The van der Waals surface area contributed by atoms with Crippen LogP contribution in [0, 0.1) is 0 Å². The third-order valence-electron chi connectivity index (χ3n) is 5.46. The number of pyridine rings is 1. The van der Waals surface area contributed by atoms with Gasteiger partial charge in [0.2, 0.25) is 0 Å². The second-order valence-corrected chi connectivity index (χ2v) is 9.30. The van der Waals surface area contributed by atoms with Gasteiger partial charge in [-0.15, -0.1) is 0 Å². The normalized spacial score (nSPS) is 17.5. The molecule has 156 valence electrons. The summed E-state index contributed by atoms with van der Waals surface area (Å²) in [7, 11) is -1.81. The monoisotopic (exact) mass is 427 g/mol. The molecule has 0 radical (unpaired) electrons. The Morgan fingerprint density at radius 2 is 1.87 bits per heavy atom. The Balaban J connectivity index is 1.53. The fourth-order valence-corrected chi connectivity index (χ4v) is 5.03. The van der Waals surface area contributed by atoms with E-state index in [9.17, 15) is 13.2 Å². The summed E-state index contributed by atoms with van der Waals surface area (Å²) in [4.78, 5) is 20.6. The van der Waals surface area contributed by atoms with Crippen LogP contribution in [0.4, 0.5) is 11.5 Å². The third kappa shape index (κ3) is 3.17. The van der Waals surface area contributed by atoms with Gasteiger partial charge in [-0.25, -0.2) is 17.4 Å². The second-order valence-electron chi connectivity index (χ2n) is 7.48. The first-order valence-corrected chi connectivity index (χ1v) is 11.1. The molecule has 1 fully saturated rings. The van der Waals surface area contributed by atoms with E-state index in [4.69, 9.17) is 4.74 Å². The van der Waals surface area contributed by atoms with Crippen molar-refractivity contribution < 1.29 is 17.9 Å². The van der Waals surface area contributed by atoms with Gasteiger partial charge in [-0.05, 0) is 37.4 Å². The summed E-state index contributed by atoms with van der Waals surface area (Å²) in [6.45, 7) is 3.42. The van der Waals surface area contributed by atoms with E-state index in [0.29, 0.717) is 17.1 Å². The largest absolute Gasteiger partial charge is 0.482 e. The van der Waals surface area contributed by atoms with Crippen molar-refractivity contribution in [1.82, 2.24) is 13.9 Å². The first kappa shape index (κ1) is 18.9. The number of aromatic nitrogens is 2. The molecule has 0 saturated carbocycles. The number of hydrogen-bond donors (Lipinski definition) is 1. The summed E-state index contributed by atoms with van der Waals surface area (Å²) in [5.41, 5.74) is 0.844. The Morgan fingerprint density at radius 3 is 2.67 bits per heavy atom. The van der Waals surface area contributed by atoms with Crippen LogP contribution >= 0.6 is 0 Å². The summed E-state index contributed by atoms with van der Waals surface area (Å²) in [6, 6.07) is 9.99. The van der Waals surface area contributed by atoms with Crippen LogP contribution in [-0.2, 0) is 14.8 Å². The molecule has 2 aromatic heterocycles. The minimum atomic E-state index is -3.89. The molecule has 2 aliphatic rings. The number of piperazine rings is 1. The van der Waals surface area contributed by atoms with Crippen LogP contribution in [0.5, 0.6) is 5.75 Å². The first-order chi connectivity index (χ1) is 14.4. The van der Waals surface area contributed by atoms with Crippen molar-refractivity contribution in [3.63, 3.8) is 0 Å². The molecule has 1 aromatic carbocycles. The summed E-state index contributed by atoms with van der Waals surface area (Å²) in [5, 5.41) is 3.41. The minimum absolute atomic E-state index is 0.0710. The Morgan fingerprint density at radius 1 is 1.07 bits per heavy atom. The van der Waals surface area contributed by atoms with Crippen molar-refractivity contribution in [2.45, 2.75) is 4.90 Å². The maximum Gasteiger partial charge on any atom is 0.269 e. The predicted molar refractivity (Wildman–Crippen MR) is 113 cm³/mol. The Kier molecular flexibility index (Phi) is 4.40. The molecule has 0 aliphatic carbocycles. The molecule has 0 bridgehead atoms. The zero-order valence-electron chi connectivity index (χ0n) is 16.4. The smallest absolute Gasteiger partial charge is 0.269 e. The molecule has 9 nitrogen and oxygen atoms in total. The van der Waals surface area contributed by atoms with Crippen molar-refractivity contribution in [2.24, 2.45) is 0 Å². The van der Waals surface area contributed by atoms with E-state index in [2.05, 4.69) is 27.1 Å². The fraction of sp³-hybridized carbons (Fsp3) is 0.300. The highest BCUT2D eigenvalue weighted by Gasteiger charge is 2.24. The Labute approximate surface area is 173 Å². The highest BCUT2D eigenvalue weighted by atomic mass is 32.2. The fourth-order valence-electron chi connectivity index (χ4n) is 3.71. The SMILES string of the molecule is CN1CCN(c2ccc3ccn(S(=O)(=O)c4ccc5c(c4)OCC(=O)N5)c3n2)CC1. The number of fused-ring (bicyclic) bond motifs is 2. The van der Waals surface area contributed by atoms with E-state index in [0.717, 1.165) is 37.4 Å². The summed E-state index contributed by atoms with van der Waals surface area (Å²) < 4.78 is 33.3. The van der Waals surface area contributed by atoms with Gasteiger partial charge in [-0.3, -0.25) is 4.79 Å². The van der Waals surface area contributed by atoms with Crippen molar-refractivity contribution in [3.8, 4) is 5.75 Å². The predicted octanol–water partition coefficient (Wildman–Crippen LogP) is 1.36. The number of hydrogen-bond acceptors (Lipinski definition) is 7. The Bertz CT molecular complexity index is 1250. The topological polar surface area (TPSA) is 96.8 Å². The molecule has 1 saturated heterocycles. The summed E-state index contributed by atoms with van der Waals surface area (Å²) in [6.07, 6.45) is 1.52. The average Bonchev–Trinajstić information content (AvgIpc) is 3.18. The number of carbonyl (C=O) groups excluding carboxylic acids is 1. The molecule has 3 aromatic rings. The standard InChI is InChI=1S/C20H21N5O4S/c1-23-8-10-24(11-9-23)18-5-2-14-6-7-25(20(14)22-18)30(27,28)15-3-4-16-17(12-15)29-13-19(26)21-16/h2-7,12H,8-11,13H2,1H3,(H,21,26). The van der Waals surface area contributed by atoms with E-state index in [1.807, 2.05) is 12.1 Å². The van der Waals surface area contributed by atoms with Gasteiger partial charge in [0, 0.05) is 43.8 Å². The van der Waals surface area contributed by atoms with Gasteiger partial charge in [-0.1, -0.05) is 0 Å². The zero-order valence-corrected chi connectivity index (χ0v) is 17.2. The first-order valence-electron chi connectivity index (χ1n) is 9.66. The molecule has 1 N–H and O–H groups in total. The van der Waals surface area contributed by atoms with E-state index in [1.54, 1.807) is 6.07 Å². The van der Waals surface area contributed by atoms with Crippen LogP contribution in [0.25, 0.3) is 11.0 Å². The van der Waals surface area contributed by atoms with Crippen LogP contribution in [0.1, 0.15) is 0 Å². The number of nitrogens with zero attached hydrogens (tertiary/aromatic N) is 4. The van der Waals surface area contributed by atoms with Crippen LogP contribution < -0.4 is 15.0 Å². The molecule has 10 heteroatoms. The highest BCUT2D eigenvalue weighted by molar-refractivity contribution is 7.90. The molecule has 0 atom stereocenters. The number of benzene rings is 1. The molecule has 2 aliphatic heterocycles. The number of carbonyl (C=O) groups is 1. The van der Waals surface area contributed by atoms with E-state index in [-0.39, 0.29) is 17.4 Å². The maximum atomic E-state index is 13.3. The maximum absolute atomic E-state index is 13.3. The van der Waals surface area contributed by atoms with Crippen LogP contribution in [-0.4, -0.2) is 68.0 Å². The second kappa shape index (κ2) is 6.99. The van der Waals surface area contributed by atoms with E-state index in [1.165, 1.54) is 28.4 Å². The van der Waals surface area contributed by atoms with Gasteiger partial charge in [0.05, 0.1) is 10.6 Å². The van der Waals surface area contributed by atoms with Gasteiger partial charge in [0.25, 0.3) is 15.9 Å². The van der Waals surface area contributed by atoms with Crippen LogP contribution in [0.15, 0.2) is 47.5 Å². The van der Waals surface area contributed by atoms with Crippen molar-refractivity contribution in [1.29, 1.82) is 0 Å². The van der Waals surface area contributed by atoms with Crippen molar-refractivity contribution in [2.75, 3.05) is 50.1 Å². The van der Waals surface area contributed by atoms with E-state index < -0.39 is 10.0 Å². The molecular weight excluding hydrogens is 406 g/mol. The highest BCUT2D eigenvalue weighted by Crippen LogP contribution is 2.32. The molecular formula is C20H21N5O4S. The number of likely N-dealkylation sites (N-methyl/N-ethyl adjacent to an activating group) is 1. The lowest BCUT2D eigenvalue weighted by Gasteiger charge is -2.33. The number of anilines is 2. The zero-order chi connectivity index (χ0) is 20.9. The summed E-state index contributed by atoms with van der Waals surface area (Å²) in [5.74, 6) is 0.829. The van der Waals surface area contributed by atoms with E-state index >= 15 is 0 Å². The number of rotatable bonds is 3. The minimum Gasteiger partial charge on any atom is -0.482 e. The van der Waals surface area contributed by atoms with Crippen molar-refractivity contribution in [3.05, 3.63) is 42.6 Å². The number of ether oxygens (including phenoxy) is 1. The molecule has 4 heterocycles. The van der Waals surface area contributed by atoms with Gasteiger partial charge in [0.1, 0.15) is 11.6 Å². The Hall–Kier alpha value is -3.11. The lowest BCUT2D eigenvalue weighted by molar-refractivity contribution is -0.118. The van der Waals surface area contributed by atoms with Gasteiger partial charge >= 0.3 is 0 Å². The summed E-state index contributed by atoms with van der Waals surface area (Å²) >= 11 is 0. The third-order valence-corrected chi connectivity index (χ3v) is 7.12. The van der Waals surface area contributed by atoms with Gasteiger partial charge < -0.3 is 19.9 Å². The van der Waals surface area contributed by atoms with Gasteiger partial charge in [-0.2, -0.15) is 0 Å². The quantitative estimate of drug-likeness (QED) is 0.674. The molecule has 1 amide bonds. The lowest BCUT2D eigenvalue weighted by Crippen LogP contribution is -2.44. The molecule has 0 unspecified atom stereocenters. The molecule has 30 heavy (non-hydrogen) atoms. The van der Waals surface area contributed by atoms with Crippen molar-refractivity contribution >= 4 is 38.5 Å². The lowest BCUT2D eigenvalue weighted by atomic mass is 10.2. The van der Waals surface area contributed by atoms with Crippen LogP contribution in [0.2, 0.25) is 0 Å². The molecule has 0 spiro atoms. The van der Waals surface area contributed by atoms with Gasteiger partial charge in [0.15, 0.2) is 12.3 Å². The average molecular weight is 427 g/mol. The van der Waals surface area contributed by atoms with Crippen LogP contribution in [0.3, 0.4) is 0 Å².